The van der Waals surface area contributed by atoms with Gasteiger partial charge in [-0.25, -0.2) is 0 Å². The molecule has 3 heterocycles. The lowest BCUT2D eigenvalue weighted by Gasteiger charge is -2.10. The van der Waals surface area contributed by atoms with Crippen LogP contribution in [0.15, 0.2) is 97.6 Å². The highest BCUT2D eigenvalue weighted by atomic mass is 16.1. The monoisotopic (exact) mass is 429 g/mol. The number of hydrogen-bond acceptors (Lipinski definition) is 4. The molecule has 1 amide bonds. The number of hydrogen-bond donors (Lipinski definition) is 1. The molecule has 0 saturated heterocycles. The normalized spacial score (nSPS) is 10.6. The maximum atomic E-state index is 12.3. The summed E-state index contributed by atoms with van der Waals surface area (Å²) in [7, 11) is 0. The van der Waals surface area contributed by atoms with Gasteiger partial charge in [-0.1, -0.05) is 18.2 Å². The zero-order valence-electron chi connectivity index (χ0n) is 17.6. The van der Waals surface area contributed by atoms with Crippen molar-refractivity contribution in [3.05, 3.63) is 109 Å². The number of rotatable bonds is 5. The molecule has 0 aliphatic rings. The third kappa shape index (κ3) is 4.21. The van der Waals surface area contributed by atoms with E-state index in [1.54, 1.807) is 18.6 Å². The highest BCUT2D eigenvalue weighted by Gasteiger charge is 2.12. The Balaban J connectivity index is 1.41. The zero-order chi connectivity index (χ0) is 22.6. The predicted molar refractivity (Wildman–Crippen MR) is 128 cm³/mol. The van der Waals surface area contributed by atoms with Gasteiger partial charge in [-0.3, -0.25) is 14.8 Å². The van der Waals surface area contributed by atoms with Gasteiger partial charge >= 0.3 is 0 Å². The Morgan fingerprint density at radius 2 is 1.70 bits per heavy atom. The first-order valence-electron chi connectivity index (χ1n) is 10.5. The molecule has 0 unspecified atom stereocenters. The number of nitrogens with zero attached hydrogens (tertiary/aromatic N) is 4. The summed E-state index contributed by atoms with van der Waals surface area (Å²) in [4.78, 5) is 20.6. The number of fused-ring (bicyclic) bond motifs is 1. The van der Waals surface area contributed by atoms with Gasteiger partial charge in [0.1, 0.15) is 11.8 Å². The van der Waals surface area contributed by atoms with Crippen molar-refractivity contribution in [3.8, 4) is 22.9 Å². The van der Waals surface area contributed by atoms with Gasteiger partial charge in [-0.2, -0.15) is 5.26 Å². The van der Waals surface area contributed by atoms with E-state index < -0.39 is 0 Å². The van der Waals surface area contributed by atoms with Crippen LogP contribution in [0.3, 0.4) is 0 Å². The first-order chi connectivity index (χ1) is 16.2. The molecule has 5 rings (SSSR count). The summed E-state index contributed by atoms with van der Waals surface area (Å²) < 4.78 is 1.92. The second kappa shape index (κ2) is 8.77. The van der Waals surface area contributed by atoms with E-state index in [1.165, 1.54) is 0 Å². The molecule has 1 N–H and O–H groups in total. The molecule has 158 valence electrons. The van der Waals surface area contributed by atoms with Crippen molar-refractivity contribution in [1.82, 2.24) is 14.5 Å². The van der Waals surface area contributed by atoms with Gasteiger partial charge in [0.25, 0.3) is 0 Å². The van der Waals surface area contributed by atoms with Gasteiger partial charge in [-0.15, -0.1) is 0 Å². The fraction of sp³-hybridized carbons (Fsp3) is 0.0370. The third-order valence-electron chi connectivity index (χ3n) is 5.41. The number of amides is 1. The van der Waals surface area contributed by atoms with Gasteiger partial charge in [-0.05, 0) is 65.7 Å². The summed E-state index contributed by atoms with van der Waals surface area (Å²) in [6.07, 6.45) is 7.20. The molecule has 0 fully saturated rings. The number of nitriles is 1. The number of carbonyl (C=O) groups excluding carboxylic acids is 1. The minimum Gasteiger partial charge on any atom is -0.326 e. The first kappa shape index (κ1) is 20.2. The van der Waals surface area contributed by atoms with Crippen LogP contribution in [0.25, 0.3) is 27.7 Å². The van der Waals surface area contributed by atoms with E-state index in [2.05, 4.69) is 27.4 Å². The van der Waals surface area contributed by atoms with E-state index in [4.69, 9.17) is 0 Å². The molecule has 6 heteroatoms. The molecule has 6 nitrogen and oxygen atoms in total. The van der Waals surface area contributed by atoms with E-state index in [0.29, 0.717) is 11.4 Å². The highest BCUT2D eigenvalue weighted by Crippen LogP contribution is 2.29. The first-order valence-corrected chi connectivity index (χ1v) is 10.5. The molecule has 0 atom stereocenters. The minimum absolute atomic E-state index is 0.109. The summed E-state index contributed by atoms with van der Waals surface area (Å²) in [5.41, 5.74) is 5.95. The minimum atomic E-state index is -0.109. The van der Waals surface area contributed by atoms with Gasteiger partial charge < -0.3 is 9.88 Å². The lowest BCUT2D eigenvalue weighted by Crippen LogP contribution is -2.14. The van der Waals surface area contributed by atoms with Crippen LogP contribution in [0.4, 0.5) is 5.69 Å². The average molecular weight is 429 g/mol. The highest BCUT2D eigenvalue weighted by molar-refractivity contribution is 5.92. The van der Waals surface area contributed by atoms with E-state index in [9.17, 15) is 10.1 Å². The van der Waals surface area contributed by atoms with E-state index in [0.717, 1.165) is 33.3 Å². The topological polar surface area (TPSA) is 83.6 Å². The Labute approximate surface area is 190 Å². The fourth-order valence-corrected chi connectivity index (χ4v) is 3.88. The van der Waals surface area contributed by atoms with Crippen LogP contribution >= 0.6 is 0 Å². The number of benzene rings is 2. The van der Waals surface area contributed by atoms with Crippen molar-refractivity contribution < 1.29 is 4.79 Å². The van der Waals surface area contributed by atoms with Gasteiger partial charge in [0.2, 0.25) is 5.91 Å². The Bertz CT molecular complexity index is 1470. The molecular formula is C27H19N5O. The SMILES string of the molecule is N#Cc1cc2cc(-c3cccnc3)ccc2n1-c1ccc(NC(=O)Cc2cccnc2)cc1. The molecule has 0 aliphatic carbocycles. The average Bonchev–Trinajstić information content (AvgIpc) is 3.23. The van der Waals surface area contributed by atoms with Crippen LogP contribution in [0.1, 0.15) is 11.3 Å². The number of pyridine rings is 2. The van der Waals surface area contributed by atoms with Crippen LogP contribution in [0.2, 0.25) is 0 Å². The van der Waals surface area contributed by atoms with Crippen LogP contribution in [0.5, 0.6) is 0 Å². The molecule has 0 spiro atoms. The van der Waals surface area contributed by atoms with Gasteiger partial charge in [0.05, 0.1) is 11.9 Å². The molecule has 0 radical (unpaired) electrons. The molecule has 0 saturated carbocycles. The number of nitrogens with one attached hydrogen (secondary N) is 1. The van der Waals surface area contributed by atoms with Crippen LogP contribution in [-0.2, 0) is 11.2 Å². The van der Waals surface area contributed by atoms with Crippen LogP contribution < -0.4 is 5.32 Å². The molecule has 2 aromatic carbocycles. The predicted octanol–water partition coefficient (Wildman–Crippen LogP) is 5.14. The van der Waals surface area contributed by atoms with Crippen molar-refractivity contribution >= 4 is 22.5 Å². The maximum Gasteiger partial charge on any atom is 0.228 e. The molecular weight excluding hydrogens is 410 g/mol. The van der Waals surface area contributed by atoms with Crippen LogP contribution in [-0.4, -0.2) is 20.4 Å². The van der Waals surface area contributed by atoms with Crippen LogP contribution in [0, 0.1) is 11.3 Å². The summed E-state index contributed by atoms with van der Waals surface area (Å²) in [5.74, 6) is -0.109. The smallest absolute Gasteiger partial charge is 0.228 e. The van der Waals surface area contributed by atoms with Crippen molar-refractivity contribution in [1.29, 1.82) is 5.26 Å². The van der Waals surface area contributed by atoms with E-state index in [-0.39, 0.29) is 12.3 Å². The lowest BCUT2D eigenvalue weighted by molar-refractivity contribution is -0.115. The Morgan fingerprint density at radius 1 is 0.909 bits per heavy atom. The van der Waals surface area contributed by atoms with Crippen molar-refractivity contribution in [3.63, 3.8) is 0 Å². The summed E-state index contributed by atoms with van der Waals surface area (Å²) in [6, 6.07) is 25.4. The number of anilines is 1. The second-order valence-corrected chi connectivity index (χ2v) is 7.63. The van der Waals surface area contributed by atoms with Crippen molar-refractivity contribution in [2.75, 3.05) is 5.32 Å². The van der Waals surface area contributed by atoms with Crippen molar-refractivity contribution in [2.45, 2.75) is 6.42 Å². The molecule has 5 aromatic rings. The molecule has 0 aliphatic heterocycles. The number of carbonyl (C=O) groups is 1. The van der Waals surface area contributed by atoms with Crippen molar-refractivity contribution in [2.24, 2.45) is 0 Å². The largest absolute Gasteiger partial charge is 0.326 e. The van der Waals surface area contributed by atoms with E-state index >= 15 is 0 Å². The summed E-state index contributed by atoms with van der Waals surface area (Å²) in [5, 5.41) is 13.6. The third-order valence-corrected chi connectivity index (χ3v) is 5.41. The molecule has 0 bridgehead atoms. The Hall–Kier alpha value is -4.76. The molecule has 33 heavy (non-hydrogen) atoms. The quantitative estimate of drug-likeness (QED) is 0.419. The van der Waals surface area contributed by atoms with Gasteiger partial charge in [0.15, 0.2) is 0 Å². The summed E-state index contributed by atoms with van der Waals surface area (Å²) >= 11 is 0. The Morgan fingerprint density at radius 3 is 2.39 bits per heavy atom. The van der Waals surface area contributed by atoms with E-state index in [1.807, 2.05) is 77.5 Å². The fourth-order valence-electron chi connectivity index (χ4n) is 3.88. The Kier molecular flexibility index (Phi) is 5.36. The summed E-state index contributed by atoms with van der Waals surface area (Å²) in [6.45, 7) is 0. The second-order valence-electron chi connectivity index (χ2n) is 7.63. The number of aromatic nitrogens is 3. The zero-order valence-corrected chi connectivity index (χ0v) is 17.6. The lowest BCUT2D eigenvalue weighted by atomic mass is 10.1. The molecule has 3 aromatic heterocycles. The van der Waals surface area contributed by atoms with Gasteiger partial charge in [0, 0.05) is 47.1 Å². The maximum absolute atomic E-state index is 12.3. The standard InChI is InChI=1S/C27H19N5O/c28-16-25-15-22-14-20(21-4-2-12-30-18-21)5-10-26(22)32(25)24-8-6-23(7-9-24)31-27(33)13-19-3-1-11-29-17-19/h1-12,14-15,17-18H,13H2,(H,31,33).